The fourth-order valence-corrected chi connectivity index (χ4v) is 2.23. The maximum atomic E-state index is 13.5. The second-order valence-corrected chi connectivity index (χ2v) is 4.57. The van der Waals surface area contributed by atoms with Crippen LogP contribution in [-0.2, 0) is 10.3 Å². The van der Waals surface area contributed by atoms with E-state index in [-0.39, 0.29) is 11.6 Å². The number of nitrogens with two attached hydrogens (primary N) is 1. The van der Waals surface area contributed by atoms with Gasteiger partial charge in [-0.1, -0.05) is 18.6 Å². The average Bonchev–Trinajstić information content (AvgIpc) is 2.26. The molecule has 86 valence electrons. The smallest absolute Gasteiger partial charge is 0.157 e. The van der Waals surface area contributed by atoms with Crippen molar-refractivity contribution in [3.05, 3.63) is 35.1 Å². The van der Waals surface area contributed by atoms with Gasteiger partial charge in [-0.15, -0.1) is 0 Å². The molecule has 1 unspecified atom stereocenters. The van der Waals surface area contributed by atoms with Crippen molar-refractivity contribution in [2.75, 3.05) is 0 Å². The monoisotopic (exact) mass is 221 g/mol. The topological polar surface area (TPSA) is 43.1 Å². The fraction of sp³-hybridized carbons (Fsp3) is 0.462. The Labute approximate surface area is 94.6 Å². The van der Waals surface area contributed by atoms with Gasteiger partial charge in [0.2, 0.25) is 0 Å². The van der Waals surface area contributed by atoms with Crippen LogP contribution in [0.5, 0.6) is 0 Å². The van der Waals surface area contributed by atoms with Crippen molar-refractivity contribution in [2.24, 2.45) is 5.73 Å². The molecule has 1 aromatic carbocycles. The maximum Gasteiger partial charge on any atom is 0.157 e. The third-order valence-electron chi connectivity index (χ3n) is 3.41. The van der Waals surface area contributed by atoms with Crippen LogP contribution in [0, 0.1) is 12.7 Å². The molecule has 0 bridgehead atoms. The molecule has 0 radical (unpaired) electrons. The summed E-state index contributed by atoms with van der Waals surface area (Å²) in [4.78, 5) is 11.9. The molecular weight excluding hydrogens is 205 g/mol. The molecule has 0 aliphatic heterocycles. The zero-order valence-electron chi connectivity index (χ0n) is 9.42. The predicted octanol–water partition coefficient (Wildman–Crippen LogP) is 2.43. The van der Waals surface area contributed by atoms with Gasteiger partial charge in [-0.25, -0.2) is 4.39 Å². The summed E-state index contributed by atoms with van der Waals surface area (Å²) >= 11 is 0. The Morgan fingerprint density at radius 3 is 2.75 bits per heavy atom. The lowest BCUT2D eigenvalue weighted by atomic mass is 9.76. The Morgan fingerprint density at radius 2 is 2.12 bits per heavy atom. The Morgan fingerprint density at radius 1 is 1.38 bits per heavy atom. The van der Waals surface area contributed by atoms with Crippen LogP contribution >= 0.6 is 0 Å². The number of carbonyl (C=O) groups excluding carboxylic acids is 1. The van der Waals surface area contributed by atoms with Gasteiger partial charge in [-0.3, -0.25) is 4.79 Å². The highest BCUT2D eigenvalue weighted by Gasteiger charge is 2.37. The van der Waals surface area contributed by atoms with Gasteiger partial charge in [0.05, 0.1) is 0 Å². The van der Waals surface area contributed by atoms with Crippen LogP contribution in [0.25, 0.3) is 0 Å². The molecule has 1 atom stereocenters. The van der Waals surface area contributed by atoms with Crippen LogP contribution in [0.3, 0.4) is 0 Å². The van der Waals surface area contributed by atoms with E-state index in [0.717, 1.165) is 12.8 Å². The van der Waals surface area contributed by atoms with E-state index in [0.29, 0.717) is 24.0 Å². The lowest BCUT2D eigenvalue weighted by molar-refractivity contribution is -0.126. The Hall–Kier alpha value is -1.22. The van der Waals surface area contributed by atoms with Crippen molar-refractivity contribution in [3.63, 3.8) is 0 Å². The normalized spacial score (nSPS) is 25.8. The van der Waals surface area contributed by atoms with Crippen LogP contribution in [0.1, 0.15) is 36.8 Å². The highest BCUT2D eigenvalue weighted by molar-refractivity contribution is 5.90. The highest BCUT2D eigenvalue weighted by Crippen LogP contribution is 2.32. The number of aryl methyl sites for hydroxylation is 1. The molecule has 0 saturated heterocycles. The van der Waals surface area contributed by atoms with Gasteiger partial charge in [0.25, 0.3) is 0 Å². The van der Waals surface area contributed by atoms with Crippen LogP contribution in [-0.4, -0.2) is 5.78 Å². The molecule has 1 fully saturated rings. The van der Waals surface area contributed by atoms with Crippen LogP contribution < -0.4 is 5.73 Å². The van der Waals surface area contributed by atoms with Gasteiger partial charge in [0, 0.05) is 6.42 Å². The SMILES string of the molecule is Cc1ccc(C2(N)CCCCC2=O)cc1F. The molecule has 2 rings (SSSR count). The minimum atomic E-state index is -0.965. The molecule has 1 aliphatic rings. The number of rotatable bonds is 1. The number of carbonyl (C=O) groups is 1. The molecule has 2 N–H and O–H groups in total. The minimum absolute atomic E-state index is 0.0296. The van der Waals surface area contributed by atoms with Crippen molar-refractivity contribution in [1.29, 1.82) is 0 Å². The first-order valence-corrected chi connectivity index (χ1v) is 5.63. The van der Waals surface area contributed by atoms with Crippen molar-refractivity contribution >= 4 is 5.78 Å². The number of hydrogen-bond donors (Lipinski definition) is 1. The lowest BCUT2D eigenvalue weighted by Gasteiger charge is -2.32. The molecule has 2 nitrogen and oxygen atoms in total. The Bertz CT molecular complexity index is 430. The summed E-state index contributed by atoms with van der Waals surface area (Å²) in [6, 6.07) is 4.85. The van der Waals surface area contributed by atoms with Gasteiger partial charge >= 0.3 is 0 Å². The van der Waals surface area contributed by atoms with E-state index >= 15 is 0 Å². The Kier molecular flexibility index (Phi) is 2.80. The largest absolute Gasteiger partial charge is 0.315 e. The van der Waals surface area contributed by atoms with Gasteiger partial charge in [0.15, 0.2) is 5.78 Å². The molecule has 16 heavy (non-hydrogen) atoms. The van der Waals surface area contributed by atoms with Crippen LogP contribution in [0.4, 0.5) is 4.39 Å². The van der Waals surface area contributed by atoms with Gasteiger partial charge in [-0.05, 0) is 37.0 Å². The maximum absolute atomic E-state index is 13.5. The summed E-state index contributed by atoms with van der Waals surface area (Å²) in [7, 11) is 0. The standard InChI is InChI=1S/C13H16FNO/c1-9-5-6-10(8-11(9)14)13(15)7-3-2-4-12(13)16/h5-6,8H,2-4,7,15H2,1H3. The molecule has 3 heteroatoms. The number of Topliss-reactive ketones (excluding diaryl/α,β-unsaturated/α-hetero) is 1. The molecular formula is C13H16FNO. The number of ketones is 1. The summed E-state index contributed by atoms with van der Waals surface area (Å²) < 4.78 is 13.5. The quantitative estimate of drug-likeness (QED) is 0.791. The minimum Gasteiger partial charge on any atom is -0.315 e. The molecule has 0 amide bonds. The van der Waals surface area contributed by atoms with Crippen LogP contribution in [0.15, 0.2) is 18.2 Å². The third-order valence-corrected chi connectivity index (χ3v) is 3.41. The van der Waals surface area contributed by atoms with Gasteiger partial charge in [-0.2, -0.15) is 0 Å². The second-order valence-electron chi connectivity index (χ2n) is 4.57. The van der Waals surface area contributed by atoms with E-state index in [1.54, 1.807) is 19.1 Å². The summed E-state index contributed by atoms with van der Waals surface area (Å²) in [5.41, 5.74) is 6.35. The molecule has 0 spiro atoms. The van der Waals surface area contributed by atoms with E-state index in [1.807, 2.05) is 0 Å². The Balaban J connectivity index is 2.41. The second kappa shape index (κ2) is 3.98. The number of halogens is 1. The van der Waals surface area contributed by atoms with E-state index in [9.17, 15) is 9.18 Å². The van der Waals surface area contributed by atoms with E-state index in [4.69, 9.17) is 5.73 Å². The zero-order valence-corrected chi connectivity index (χ0v) is 9.42. The van der Waals surface area contributed by atoms with Gasteiger partial charge < -0.3 is 5.73 Å². The van der Waals surface area contributed by atoms with E-state index in [1.165, 1.54) is 6.07 Å². The van der Waals surface area contributed by atoms with Crippen LogP contribution in [0.2, 0.25) is 0 Å². The molecule has 1 saturated carbocycles. The predicted molar refractivity (Wildman–Crippen MR) is 60.5 cm³/mol. The van der Waals surface area contributed by atoms with Gasteiger partial charge in [0.1, 0.15) is 11.4 Å². The average molecular weight is 221 g/mol. The molecule has 0 heterocycles. The fourth-order valence-electron chi connectivity index (χ4n) is 2.23. The number of benzene rings is 1. The van der Waals surface area contributed by atoms with Crippen molar-refractivity contribution < 1.29 is 9.18 Å². The van der Waals surface area contributed by atoms with Crippen molar-refractivity contribution in [3.8, 4) is 0 Å². The van der Waals surface area contributed by atoms with Crippen molar-refractivity contribution in [2.45, 2.75) is 38.1 Å². The first-order valence-electron chi connectivity index (χ1n) is 5.63. The first-order chi connectivity index (χ1) is 7.54. The third kappa shape index (κ3) is 1.76. The zero-order chi connectivity index (χ0) is 11.8. The summed E-state index contributed by atoms with van der Waals surface area (Å²) in [6.45, 7) is 1.70. The van der Waals surface area contributed by atoms with Crippen molar-refractivity contribution in [1.82, 2.24) is 0 Å². The summed E-state index contributed by atoms with van der Waals surface area (Å²) in [5.74, 6) is -0.261. The number of hydrogen-bond acceptors (Lipinski definition) is 2. The summed E-state index contributed by atoms with van der Waals surface area (Å²) in [5, 5.41) is 0. The first kappa shape index (κ1) is 11.3. The van der Waals surface area contributed by atoms with E-state index < -0.39 is 5.54 Å². The molecule has 1 aromatic rings. The lowest BCUT2D eigenvalue weighted by Crippen LogP contribution is -2.46. The molecule has 1 aliphatic carbocycles. The van der Waals surface area contributed by atoms with E-state index in [2.05, 4.69) is 0 Å². The highest BCUT2D eigenvalue weighted by atomic mass is 19.1. The summed E-state index contributed by atoms with van der Waals surface area (Å²) in [6.07, 6.45) is 2.95. The molecule has 0 aromatic heterocycles.